The number of amides is 1. The summed E-state index contributed by atoms with van der Waals surface area (Å²) in [5.41, 5.74) is -3.35. The Labute approximate surface area is 158 Å². The van der Waals surface area contributed by atoms with Crippen LogP contribution >= 0.6 is 0 Å². The summed E-state index contributed by atoms with van der Waals surface area (Å²) in [6.45, 7) is 0. The SMILES string of the molecule is COc1cccc(C(=O)N2N=C(c3cccc(OC)c3)C[C@]2(O)C(F)(F)F)c1. The van der Waals surface area contributed by atoms with Crippen LogP contribution in [0.3, 0.4) is 0 Å². The molecule has 0 bridgehead atoms. The maximum atomic E-state index is 13.7. The van der Waals surface area contributed by atoms with Gasteiger partial charge in [0.2, 0.25) is 0 Å². The second kappa shape index (κ2) is 7.16. The Balaban J connectivity index is 2.05. The van der Waals surface area contributed by atoms with Crippen LogP contribution in [0.2, 0.25) is 0 Å². The molecular weight excluding hydrogens is 377 g/mol. The number of nitrogens with zero attached hydrogens (tertiary/aromatic N) is 2. The van der Waals surface area contributed by atoms with E-state index < -0.39 is 24.2 Å². The maximum absolute atomic E-state index is 13.7. The molecule has 3 rings (SSSR count). The minimum absolute atomic E-state index is 0.0799. The van der Waals surface area contributed by atoms with Gasteiger partial charge in [0.15, 0.2) is 0 Å². The van der Waals surface area contributed by atoms with E-state index in [1.54, 1.807) is 18.2 Å². The fourth-order valence-corrected chi connectivity index (χ4v) is 2.82. The highest BCUT2D eigenvalue weighted by atomic mass is 19.4. The number of hydrogen-bond donors (Lipinski definition) is 1. The highest BCUT2D eigenvalue weighted by molar-refractivity contribution is 6.05. The second-order valence-corrected chi connectivity index (χ2v) is 6.12. The number of carbonyl (C=O) groups excluding carboxylic acids is 1. The van der Waals surface area contributed by atoms with E-state index in [9.17, 15) is 23.1 Å². The van der Waals surface area contributed by atoms with E-state index in [-0.39, 0.29) is 22.0 Å². The van der Waals surface area contributed by atoms with Crippen molar-refractivity contribution in [2.45, 2.75) is 18.3 Å². The van der Waals surface area contributed by atoms with Crippen molar-refractivity contribution in [3.05, 3.63) is 59.7 Å². The zero-order valence-electron chi connectivity index (χ0n) is 15.0. The van der Waals surface area contributed by atoms with Crippen LogP contribution in [0, 0.1) is 0 Å². The van der Waals surface area contributed by atoms with Gasteiger partial charge in [0.1, 0.15) is 11.5 Å². The normalized spacial score (nSPS) is 19.4. The van der Waals surface area contributed by atoms with Gasteiger partial charge in [-0.05, 0) is 30.3 Å². The number of alkyl halides is 3. The van der Waals surface area contributed by atoms with Gasteiger partial charge in [-0.2, -0.15) is 23.3 Å². The van der Waals surface area contributed by atoms with Gasteiger partial charge in [0.25, 0.3) is 11.6 Å². The monoisotopic (exact) mass is 394 g/mol. The topological polar surface area (TPSA) is 71.4 Å². The van der Waals surface area contributed by atoms with Crippen LogP contribution in [0.1, 0.15) is 22.3 Å². The first-order valence-corrected chi connectivity index (χ1v) is 8.19. The first kappa shape index (κ1) is 19.7. The number of ether oxygens (including phenoxy) is 2. The van der Waals surface area contributed by atoms with Gasteiger partial charge in [-0.1, -0.05) is 18.2 Å². The van der Waals surface area contributed by atoms with Crippen molar-refractivity contribution in [1.82, 2.24) is 5.01 Å². The van der Waals surface area contributed by atoms with E-state index in [4.69, 9.17) is 9.47 Å². The van der Waals surface area contributed by atoms with Gasteiger partial charge in [-0.15, -0.1) is 0 Å². The molecule has 0 unspecified atom stereocenters. The molecular formula is C19H17F3N2O4. The van der Waals surface area contributed by atoms with Crippen LogP contribution in [0.25, 0.3) is 0 Å². The van der Waals surface area contributed by atoms with Gasteiger partial charge in [0, 0.05) is 11.1 Å². The van der Waals surface area contributed by atoms with Crippen LogP contribution in [0.4, 0.5) is 13.2 Å². The summed E-state index contributed by atoms with van der Waals surface area (Å²) in [6, 6.07) is 11.8. The summed E-state index contributed by atoms with van der Waals surface area (Å²) < 4.78 is 51.1. The Morgan fingerprint density at radius 2 is 1.71 bits per heavy atom. The van der Waals surface area contributed by atoms with Crippen molar-refractivity contribution in [3.63, 3.8) is 0 Å². The van der Waals surface area contributed by atoms with Gasteiger partial charge in [-0.3, -0.25) is 4.79 Å². The lowest BCUT2D eigenvalue weighted by Crippen LogP contribution is -2.56. The molecule has 0 aliphatic carbocycles. The van der Waals surface area contributed by atoms with Crippen molar-refractivity contribution >= 4 is 11.6 Å². The number of hydrazone groups is 1. The lowest BCUT2D eigenvalue weighted by Gasteiger charge is -2.32. The molecule has 1 N–H and O–H groups in total. The van der Waals surface area contributed by atoms with E-state index in [2.05, 4.69) is 5.10 Å². The highest BCUT2D eigenvalue weighted by Crippen LogP contribution is 2.42. The molecule has 0 radical (unpaired) electrons. The second-order valence-electron chi connectivity index (χ2n) is 6.12. The highest BCUT2D eigenvalue weighted by Gasteiger charge is 2.63. The first-order valence-electron chi connectivity index (χ1n) is 8.19. The fourth-order valence-electron chi connectivity index (χ4n) is 2.82. The molecule has 1 atom stereocenters. The predicted molar refractivity (Wildman–Crippen MR) is 94.3 cm³/mol. The molecule has 6 nitrogen and oxygen atoms in total. The lowest BCUT2D eigenvalue weighted by molar-refractivity contribution is -0.297. The number of methoxy groups -OCH3 is 2. The molecule has 0 fully saturated rings. The molecule has 0 saturated carbocycles. The summed E-state index contributed by atoms with van der Waals surface area (Å²) in [4.78, 5) is 12.8. The molecule has 0 aromatic heterocycles. The summed E-state index contributed by atoms with van der Waals surface area (Å²) in [5, 5.41) is 14.3. The van der Waals surface area contributed by atoms with Crippen LogP contribution in [-0.4, -0.2) is 47.9 Å². The Bertz CT molecular complexity index is 929. The zero-order valence-corrected chi connectivity index (χ0v) is 15.0. The van der Waals surface area contributed by atoms with Crippen LogP contribution in [0.15, 0.2) is 53.6 Å². The Morgan fingerprint density at radius 3 is 2.32 bits per heavy atom. The van der Waals surface area contributed by atoms with Crippen LogP contribution < -0.4 is 9.47 Å². The molecule has 28 heavy (non-hydrogen) atoms. The third-order valence-electron chi connectivity index (χ3n) is 4.35. The minimum atomic E-state index is -5.12. The molecule has 0 spiro atoms. The van der Waals surface area contributed by atoms with Crippen molar-refractivity contribution in [2.24, 2.45) is 5.10 Å². The van der Waals surface area contributed by atoms with E-state index in [1.807, 2.05) is 0 Å². The van der Waals surface area contributed by atoms with E-state index in [0.29, 0.717) is 11.3 Å². The number of halogens is 3. The van der Waals surface area contributed by atoms with Crippen molar-refractivity contribution < 1.29 is 32.5 Å². The van der Waals surface area contributed by atoms with Crippen LogP contribution in [0.5, 0.6) is 11.5 Å². The van der Waals surface area contributed by atoms with E-state index >= 15 is 0 Å². The van der Waals surface area contributed by atoms with Crippen LogP contribution in [-0.2, 0) is 0 Å². The van der Waals surface area contributed by atoms with Gasteiger partial charge >= 0.3 is 6.18 Å². The average molecular weight is 394 g/mol. The molecule has 1 amide bonds. The Morgan fingerprint density at radius 1 is 1.11 bits per heavy atom. The average Bonchev–Trinajstić information content (AvgIpc) is 3.06. The largest absolute Gasteiger partial charge is 0.497 e. The van der Waals surface area contributed by atoms with Crippen molar-refractivity contribution in [2.75, 3.05) is 14.2 Å². The number of hydrogen-bond acceptors (Lipinski definition) is 5. The van der Waals surface area contributed by atoms with Gasteiger partial charge in [-0.25, -0.2) is 0 Å². The number of benzene rings is 2. The van der Waals surface area contributed by atoms with Gasteiger partial charge in [0.05, 0.1) is 26.4 Å². The van der Waals surface area contributed by atoms with E-state index in [1.165, 1.54) is 44.6 Å². The first-order chi connectivity index (χ1) is 13.2. The minimum Gasteiger partial charge on any atom is -0.497 e. The number of carbonyl (C=O) groups is 1. The molecule has 1 aliphatic heterocycles. The van der Waals surface area contributed by atoms with Gasteiger partial charge < -0.3 is 14.6 Å². The third kappa shape index (κ3) is 3.40. The summed E-state index contributed by atoms with van der Waals surface area (Å²) >= 11 is 0. The van der Waals surface area contributed by atoms with Crippen molar-refractivity contribution in [3.8, 4) is 11.5 Å². The zero-order chi connectivity index (χ0) is 20.5. The number of aliphatic hydroxyl groups is 1. The standard InChI is InChI=1S/C19H17F3N2O4/c1-27-14-7-3-5-12(9-14)16-11-18(26,19(20,21)22)24(23-16)17(25)13-6-4-8-15(10-13)28-2/h3-10,26H,11H2,1-2H3/t18-/m0/s1. The maximum Gasteiger partial charge on any atom is 0.438 e. The molecule has 2 aromatic carbocycles. The molecule has 9 heteroatoms. The van der Waals surface area contributed by atoms with Crippen molar-refractivity contribution in [1.29, 1.82) is 0 Å². The Hall–Kier alpha value is -3.07. The fraction of sp³-hybridized carbons (Fsp3) is 0.263. The Kier molecular flexibility index (Phi) is 5.03. The van der Waals surface area contributed by atoms with E-state index in [0.717, 1.165) is 0 Å². The number of rotatable bonds is 4. The molecule has 0 saturated heterocycles. The lowest BCUT2D eigenvalue weighted by atomic mass is 10.0. The molecule has 2 aromatic rings. The quantitative estimate of drug-likeness (QED) is 0.865. The molecule has 1 aliphatic rings. The summed E-state index contributed by atoms with van der Waals surface area (Å²) in [5.74, 6) is -0.400. The third-order valence-corrected chi connectivity index (χ3v) is 4.35. The summed E-state index contributed by atoms with van der Waals surface area (Å²) in [7, 11) is 2.78. The molecule has 148 valence electrons. The molecule has 1 heterocycles. The summed E-state index contributed by atoms with van der Waals surface area (Å²) in [6.07, 6.45) is -6.02. The smallest absolute Gasteiger partial charge is 0.438 e. The predicted octanol–water partition coefficient (Wildman–Crippen LogP) is 3.20.